The predicted molar refractivity (Wildman–Crippen MR) is 79.8 cm³/mol. The minimum atomic E-state index is 0.0231. The molecule has 2 aliphatic rings. The molecule has 3 heteroatoms. The van der Waals surface area contributed by atoms with Crippen molar-refractivity contribution in [3.63, 3.8) is 0 Å². The average molecular weight is 264 g/mol. The minimum Gasteiger partial charge on any atom is -0.367 e. The largest absolute Gasteiger partial charge is 0.367 e. The van der Waals surface area contributed by atoms with Gasteiger partial charge in [-0.2, -0.15) is 5.10 Å². The molecule has 20 heavy (non-hydrogen) atoms. The topological polar surface area (TPSA) is 24.8 Å². The molecule has 2 aliphatic heterocycles. The van der Waals surface area contributed by atoms with Crippen LogP contribution in [0.1, 0.15) is 11.7 Å². The highest BCUT2D eigenvalue weighted by molar-refractivity contribution is 5.96. The lowest BCUT2D eigenvalue weighted by molar-refractivity contribution is 0.121. The summed E-state index contributed by atoms with van der Waals surface area (Å²) in [4.78, 5) is 0. The van der Waals surface area contributed by atoms with Crippen LogP contribution in [0.3, 0.4) is 0 Å². The summed E-state index contributed by atoms with van der Waals surface area (Å²) in [5.74, 6) is 0.417. The Morgan fingerprint density at radius 2 is 1.65 bits per heavy atom. The van der Waals surface area contributed by atoms with Gasteiger partial charge in [0.25, 0.3) is 0 Å². The molecule has 2 atom stereocenters. The molecule has 4 rings (SSSR count). The van der Waals surface area contributed by atoms with E-state index >= 15 is 0 Å². The van der Waals surface area contributed by atoms with E-state index in [4.69, 9.17) is 9.84 Å². The van der Waals surface area contributed by atoms with E-state index in [2.05, 4.69) is 53.5 Å². The summed E-state index contributed by atoms with van der Waals surface area (Å²) in [5.41, 5.74) is 3.52. The molecular formula is C17H16N2O. The first-order valence-corrected chi connectivity index (χ1v) is 6.99. The lowest BCUT2D eigenvalue weighted by Gasteiger charge is -2.16. The third-order valence-corrected chi connectivity index (χ3v) is 3.94. The molecule has 0 radical (unpaired) electrons. The molecule has 100 valence electrons. The zero-order chi connectivity index (χ0) is 13.4. The Kier molecular flexibility index (Phi) is 2.78. The lowest BCUT2D eigenvalue weighted by Crippen LogP contribution is -2.19. The van der Waals surface area contributed by atoms with Gasteiger partial charge in [-0.15, -0.1) is 0 Å². The number of para-hydroxylation sites is 1. The van der Waals surface area contributed by atoms with E-state index in [1.807, 2.05) is 12.1 Å². The maximum Gasteiger partial charge on any atom is 0.123 e. The molecule has 1 fully saturated rings. The fraction of sp³-hybridized carbons (Fsp3) is 0.235. The van der Waals surface area contributed by atoms with Gasteiger partial charge in [-0.05, 0) is 17.7 Å². The van der Waals surface area contributed by atoms with E-state index in [-0.39, 0.29) is 6.10 Å². The van der Waals surface area contributed by atoms with Crippen molar-refractivity contribution in [3.8, 4) is 0 Å². The molecule has 0 unspecified atom stereocenters. The first-order valence-electron chi connectivity index (χ1n) is 6.99. The van der Waals surface area contributed by atoms with Crippen LogP contribution in [-0.4, -0.2) is 18.9 Å². The van der Waals surface area contributed by atoms with Gasteiger partial charge in [-0.1, -0.05) is 48.5 Å². The molecule has 0 saturated carbocycles. The van der Waals surface area contributed by atoms with Crippen molar-refractivity contribution in [1.82, 2.24) is 0 Å². The van der Waals surface area contributed by atoms with Crippen molar-refractivity contribution < 1.29 is 4.74 Å². The van der Waals surface area contributed by atoms with Gasteiger partial charge in [0.2, 0.25) is 0 Å². The monoisotopic (exact) mass is 264 g/mol. The zero-order valence-corrected chi connectivity index (χ0v) is 11.1. The van der Waals surface area contributed by atoms with Crippen LogP contribution in [-0.2, 0) is 4.74 Å². The smallest absolute Gasteiger partial charge is 0.123 e. The molecule has 0 N–H and O–H groups in total. The van der Waals surface area contributed by atoms with Crippen LogP contribution in [0.15, 0.2) is 65.8 Å². The number of benzene rings is 2. The van der Waals surface area contributed by atoms with E-state index in [9.17, 15) is 0 Å². The Morgan fingerprint density at radius 3 is 2.40 bits per heavy atom. The quantitative estimate of drug-likeness (QED) is 0.831. The standard InChI is InChI=1S/C17H16N2O/c1-3-7-13(8-4-1)17-16-14(12-20-17)11-19(18-16)15-9-5-2-6-10-15/h1-10,14,17H,11-12H2/t14-,17+/m1/s1. The van der Waals surface area contributed by atoms with E-state index in [1.54, 1.807) is 0 Å². The molecule has 1 saturated heterocycles. The van der Waals surface area contributed by atoms with Crippen LogP contribution in [0.25, 0.3) is 0 Å². The summed E-state index contributed by atoms with van der Waals surface area (Å²) in [5, 5.41) is 6.90. The van der Waals surface area contributed by atoms with Crippen molar-refractivity contribution in [3.05, 3.63) is 66.2 Å². The van der Waals surface area contributed by atoms with Crippen LogP contribution in [0.4, 0.5) is 5.69 Å². The molecule has 2 heterocycles. The van der Waals surface area contributed by atoms with Gasteiger partial charge in [0, 0.05) is 5.92 Å². The molecule has 0 amide bonds. The van der Waals surface area contributed by atoms with Crippen LogP contribution >= 0.6 is 0 Å². The Bertz CT molecular complexity index is 624. The predicted octanol–water partition coefficient (Wildman–Crippen LogP) is 3.25. The van der Waals surface area contributed by atoms with E-state index in [0.717, 1.165) is 18.8 Å². The molecule has 2 aromatic carbocycles. The second kappa shape index (κ2) is 4.76. The third kappa shape index (κ3) is 1.91. The molecule has 2 aromatic rings. The summed E-state index contributed by atoms with van der Waals surface area (Å²) in [6.07, 6.45) is 0.0231. The van der Waals surface area contributed by atoms with E-state index in [1.165, 1.54) is 11.3 Å². The molecule has 0 bridgehead atoms. The molecule has 0 aliphatic carbocycles. The zero-order valence-electron chi connectivity index (χ0n) is 11.1. The number of hydrogen-bond donors (Lipinski definition) is 0. The SMILES string of the molecule is c1ccc([C@@H]2OC[C@H]3CN(c4ccccc4)N=C32)cc1. The first-order chi connectivity index (χ1) is 9.92. The van der Waals surface area contributed by atoms with Crippen molar-refractivity contribution in [2.24, 2.45) is 11.0 Å². The van der Waals surface area contributed by atoms with Crippen molar-refractivity contribution >= 4 is 11.4 Å². The van der Waals surface area contributed by atoms with E-state index in [0.29, 0.717) is 5.92 Å². The fourth-order valence-electron chi connectivity index (χ4n) is 2.92. The van der Waals surface area contributed by atoms with Crippen molar-refractivity contribution in [2.75, 3.05) is 18.2 Å². The molecule has 0 spiro atoms. The highest BCUT2D eigenvalue weighted by Gasteiger charge is 2.39. The second-order valence-electron chi connectivity index (χ2n) is 5.26. The number of anilines is 1. The number of ether oxygens (including phenoxy) is 1. The number of hydrazone groups is 1. The van der Waals surface area contributed by atoms with Gasteiger partial charge < -0.3 is 4.74 Å². The summed E-state index contributed by atoms with van der Waals surface area (Å²) in [7, 11) is 0. The number of nitrogens with zero attached hydrogens (tertiary/aromatic N) is 2. The molecule has 3 nitrogen and oxygen atoms in total. The van der Waals surface area contributed by atoms with Gasteiger partial charge >= 0.3 is 0 Å². The number of fused-ring (bicyclic) bond motifs is 1. The third-order valence-electron chi connectivity index (χ3n) is 3.94. The Hall–Kier alpha value is -2.13. The van der Waals surface area contributed by atoms with Crippen LogP contribution in [0.2, 0.25) is 0 Å². The highest BCUT2D eigenvalue weighted by Crippen LogP contribution is 2.35. The average Bonchev–Trinajstić information content (AvgIpc) is 3.09. The number of hydrogen-bond acceptors (Lipinski definition) is 3. The normalized spacial score (nSPS) is 24.6. The van der Waals surface area contributed by atoms with Crippen LogP contribution in [0.5, 0.6) is 0 Å². The second-order valence-corrected chi connectivity index (χ2v) is 5.26. The van der Waals surface area contributed by atoms with Crippen LogP contribution < -0.4 is 5.01 Å². The number of rotatable bonds is 2. The minimum absolute atomic E-state index is 0.0231. The highest BCUT2D eigenvalue weighted by atomic mass is 16.5. The summed E-state index contributed by atoms with van der Waals surface area (Å²) < 4.78 is 5.93. The molecular weight excluding hydrogens is 248 g/mol. The van der Waals surface area contributed by atoms with Gasteiger partial charge in [-0.3, -0.25) is 5.01 Å². The maximum atomic E-state index is 5.93. The van der Waals surface area contributed by atoms with E-state index < -0.39 is 0 Å². The lowest BCUT2D eigenvalue weighted by atomic mass is 9.99. The van der Waals surface area contributed by atoms with Gasteiger partial charge in [-0.25, -0.2) is 0 Å². The summed E-state index contributed by atoms with van der Waals surface area (Å²) in [6.45, 7) is 1.68. The Balaban J connectivity index is 1.65. The van der Waals surface area contributed by atoms with Crippen LogP contribution in [0, 0.1) is 5.92 Å². The van der Waals surface area contributed by atoms with Crippen molar-refractivity contribution in [1.29, 1.82) is 0 Å². The first kappa shape index (κ1) is 11.7. The maximum absolute atomic E-state index is 5.93. The van der Waals surface area contributed by atoms with Gasteiger partial charge in [0.15, 0.2) is 0 Å². The Labute approximate surface area is 118 Å². The fourth-order valence-corrected chi connectivity index (χ4v) is 2.92. The summed E-state index contributed by atoms with van der Waals surface area (Å²) >= 11 is 0. The van der Waals surface area contributed by atoms with Gasteiger partial charge in [0.05, 0.1) is 24.6 Å². The summed E-state index contributed by atoms with van der Waals surface area (Å²) in [6, 6.07) is 20.7. The van der Waals surface area contributed by atoms with Crippen molar-refractivity contribution in [2.45, 2.75) is 6.10 Å². The Morgan fingerprint density at radius 1 is 0.950 bits per heavy atom. The van der Waals surface area contributed by atoms with Gasteiger partial charge in [0.1, 0.15) is 6.10 Å². The molecule has 0 aromatic heterocycles.